The molecule has 2 aromatic carbocycles. The second-order valence-electron chi connectivity index (χ2n) is 6.06. The van der Waals surface area contributed by atoms with Gasteiger partial charge in [-0.15, -0.1) is 0 Å². The summed E-state index contributed by atoms with van der Waals surface area (Å²) in [7, 11) is 0. The molecule has 5 nitrogen and oxygen atoms in total. The summed E-state index contributed by atoms with van der Waals surface area (Å²) in [4.78, 5) is 5.82. The monoisotopic (exact) mass is 380 g/mol. The number of aryl methyl sites for hydroxylation is 2. The summed E-state index contributed by atoms with van der Waals surface area (Å²) in [6.45, 7) is 6.73. The van der Waals surface area contributed by atoms with Crippen molar-refractivity contribution in [1.29, 1.82) is 5.41 Å². The van der Waals surface area contributed by atoms with Crippen molar-refractivity contribution in [3.05, 3.63) is 70.5 Å². The minimum Gasteiger partial charge on any atom is -0.494 e. The van der Waals surface area contributed by atoms with Crippen molar-refractivity contribution < 1.29 is 4.74 Å². The number of aromatic nitrogens is 1. The zero-order chi connectivity index (χ0) is 19.2. The number of benzene rings is 2. The fourth-order valence-corrected chi connectivity index (χ4v) is 3.39. The van der Waals surface area contributed by atoms with Crippen LogP contribution in [-0.2, 0) is 6.42 Å². The molecular formula is C21H24N4OS. The van der Waals surface area contributed by atoms with Crippen LogP contribution in [0.1, 0.15) is 24.3 Å². The molecule has 140 valence electrons. The molecule has 0 amide bonds. The average molecular weight is 381 g/mol. The maximum Gasteiger partial charge on any atom is 0.223 e. The third kappa shape index (κ3) is 4.86. The maximum atomic E-state index is 8.24. The van der Waals surface area contributed by atoms with Crippen LogP contribution in [0.15, 0.2) is 59.6 Å². The van der Waals surface area contributed by atoms with Crippen LogP contribution in [0, 0.1) is 12.3 Å². The van der Waals surface area contributed by atoms with Crippen molar-refractivity contribution in [2.45, 2.75) is 27.2 Å². The summed E-state index contributed by atoms with van der Waals surface area (Å²) in [5.74, 6) is 1.43. The molecule has 1 aromatic heterocycles. The van der Waals surface area contributed by atoms with Gasteiger partial charge in [-0.1, -0.05) is 30.6 Å². The fraction of sp³-hybridized carbons (Fsp3) is 0.238. The Morgan fingerprint density at radius 3 is 2.37 bits per heavy atom. The van der Waals surface area contributed by atoms with Crippen molar-refractivity contribution >= 4 is 28.9 Å². The zero-order valence-corrected chi connectivity index (χ0v) is 16.6. The molecule has 0 saturated heterocycles. The lowest BCUT2D eigenvalue weighted by Gasteiger charge is -2.11. The molecule has 0 radical (unpaired) electrons. The van der Waals surface area contributed by atoms with Crippen LogP contribution in [0.4, 0.5) is 11.4 Å². The van der Waals surface area contributed by atoms with Gasteiger partial charge in [0.25, 0.3) is 0 Å². The van der Waals surface area contributed by atoms with Crippen LogP contribution in [0.25, 0.3) is 0 Å². The molecule has 3 aromatic rings. The van der Waals surface area contributed by atoms with Gasteiger partial charge in [-0.2, -0.15) is 0 Å². The third-order valence-corrected chi connectivity index (χ3v) is 4.95. The van der Waals surface area contributed by atoms with E-state index in [-0.39, 0.29) is 0 Å². The Hall–Kier alpha value is -2.86. The smallest absolute Gasteiger partial charge is 0.223 e. The molecule has 0 unspecified atom stereocenters. The predicted octanol–water partition coefficient (Wildman–Crippen LogP) is 4.95. The average Bonchev–Trinajstić information content (AvgIpc) is 3.01. The van der Waals surface area contributed by atoms with E-state index in [0.29, 0.717) is 18.1 Å². The van der Waals surface area contributed by atoms with Gasteiger partial charge in [0, 0.05) is 10.6 Å². The Labute approximate surface area is 163 Å². The summed E-state index contributed by atoms with van der Waals surface area (Å²) >= 11 is 1.49. The van der Waals surface area contributed by atoms with E-state index in [0.717, 1.165) is 28.4 Å². The molecule has 27 heavy (non-hydrogen) atoms. The molecule has 6 heteroatoms. The van der Waals surface area contributed by atoms with E-state index in [1.54, 1.807) is 3.96 Å². The lowest BCUT2D eigenvalue weighted by Crippen LogP contribution is -2.28. The van der Waals surface area contributed by atoms with Crippen molar-refractivity contribution in [1.82, 2.24) is 3.96 Å². The fourth-order valence-electron chi connectivity index (χ4n) is 2.61. The summed E-state index contributed by atoms with van der Waals surface area (Å²) in [5, 5.41) is 11.6. The number of nitrogens with one attached hydrogen (secondary N) is 2. The largest absolute Gasteiger partial charge is 0.494 e. The van der Waals surface area contributed by atoms with Crippen molar-refractivity contribution in [3.8, 4) is 5.75 Å². The van der Waals surface area contributed by atoms with Crippen LogP contribution < -0.4 is 15.5 Å². The highest BCUT2D eigenvalue weighted by Gasteiger charge is 2.08. The lowest BCUT2D eigenvalue weighted by molar-refractivity contribution is 0.340. The van der Waals surface area contributed by atoms with Gasteiger partial charge in [0.2, 0.25) is 5.96 Å². The summed E-state index contributed by atoms with van der Waals surface area (Å²) < 4.78 is 7.29. The molecule has 1 heterocycles. The molecule has 0 aliphatic carbocycles. The quantitative estimate of drug-likeness (QED) is 0.486. The highest BCUT2D eigenvalue weighted by molar-refractivity contribution is 7.07. The van der Waals surface area contributed by atoms with Crippen LogP contribution in [0.2, 0.25) is 0 Å². The van der Waals surface area contributed by atoms with Crippen molar-refractivity contribution in [2.75, 3.05) is 11.9 Å². The zero-order valence-electron chi connectivity index (χ0n) is 15.8. The van der Waals surface area contributed by atoms with Gasteiger partial charge in [-0.25, -0.2) is 8.95 Å². The van der Waals surface area contributed by atoms with Gasteiger partial charge in [0.1, 0.15) is 11.2 Å². The molecule has 0 spiro atoms. The predicted molar refractivity (Wildman–Crippen MR) is 112 cm³/mol. The van der Waals surface area contributed by atoms with E-state index >= 15 is 0 Å². The first-order valence-electron chi connectivity index (χ1n) is 9.01. The van der Waals surface area contributed by atoms with Crippen molar-refractivity contribution in [3.63, 3.8) is 0 Å². The number of rotatable bonds is 5. The standard InChI is InChI=1S/C21H24N4OS/c1-4-16-6-8-17(9-7-16)23-21(25-20(22)14-15(3)27-25)24-18-10-12-19(13-11-18)26-5-2/h6-14,22H,4-5H2,1-3H3,(H,23,24). The Bertz CT molecular complexity index is 969. The lowest BCUT2D eigenvalue weighted by atomic mass is 10.2. The number of anilines is 1. The van der Waals surface area contributed by atoms with Gasteiger partial charge in [-0.3, -0.25) is 5.41 Å². The normalized spacial score (nSPS) is 11.4. The van der Waals surface area contributed by atoms with E-state index in [1.165, 1.54) is 17.1 Å². The Morgan fingerprint density at radius 1 is 1.11 bits per heavy atom. The first-order valence-corrected chi connectivity index (χ1v) is 9.79. The molecule has 2 N–H and O–H groups in total. The number of hydrogen-bond acceptors (Lipinski definition) is 4. The molecule has 0 atom stereocenters. The Balaban J connectivity index is 1.95. The molecular weight excluding hydrogens is 356 g/mol. The topological polar surface area (TPSA) is 62.4 Å². The van der Waals surface area contributed by atoms with E-state index in [1.807, 2.05) is 56.3 Å². The summed E-state index contributed by atoms with van der Waals surface area (Å²) in [5.41, 5.74) is 3.41. The molecule has 0 saturated carbocycles. The molecule has 0 aliphatic heterocycles. The van der Waals surface area contributed by atoms with E-state index in [4.69, 9.17) is 15.1 Å². The second-order valence-corrected chi connectivity index (χ2v) is 7.26. The highest BCUT2D eigenvalue weighted by atomic mass is 32.1. The minimum absolute atomic E-state index is 0.403. The van der Waals surface area contributed by atoms with Gasteiger partial charge >= 0.3 is 0 Å². The van der Waals surface area contributed by atoms with Gasteiger partial charge in [-0.05, 0) is 68.3 Å². The van der Waals surface area contributed by atoms with Crippen molar-refractivity contribution in [2.24, 2.45) is 4.99 Å². The van der Waals surface area contributed by atoms with Crippen LogP contribution >= 0.6 is 11.5 Å². The van der Waals surface area contributed by atoms with Gasteiger partial charge in [0.05, 0.1) is 12.3 Å². The second kappa shape index (κ2) is 8.68. The summed E-state index contributed by atoms with van der Waals surface area (Å²) in [6.07, 6.45) is 0.997. The Morgan fingerprint density at radius 2 is 1.81 bits per heavy atom. The highest BCUT2D eigenvalue weighted by Crippen LogP contribution is 2.19. The molecule has 0 aliphatic rings. The first-order chi connectivity index (χ1) is 13.1. The number of ether oxygens (including phenoxy) is 1. The van der Waals surface area contributed by atoms with Gasteiger partial charge < -0.3 is 10.1 Å². The Kier molecular flexibility index (Phi) is 6.08. The first kappa shape index (κ1) is 18.9. The third-order valence-electron chi connectivity index (χ3n) is 3.99. The molecule has 3 rings (SSSR count). The van der Waals surface area contributed by atoms with Crippen LogP contribution in [0.5, 0.6) is 5.75 Å². The molecule has 0 bridgehead atoms. The van der Waals surface area contributed by atoms with E-state index in [2.05, 4.69) is 24.4 Å². The van der Waals surface area contributed by atoms with E-state index in [9.17, 15) is 0 Å². The molecule has 0 fully saturated rings. The number of nitrogens with zero attached hydrogens (tertiary/aromatic N) is 2. The van der Waals surface area contributed by atoms with Gasteiger partial charge in [0.15, 0.2) is 0 Å². The summed E-state index contributed by atoms with van der Waals surface area (Å²) in [6, 6.07) is 17.7. The number of aliphatic imine (C=N–C) groups is 1. The van der Waals surface area contributed by atoms with Crippen LogP contribution in [-0.4, -0.2) is 16.5 Å². The van der Waals surface area contributed by atoms with E-state index < -0.39 is 0 Å². The minimum atomic E-state index is 0.403. The van der Waals surface area contributed by atoms with Crippen LogP contribution in [0.3, 0.4) is 0 Å². The SMILES string of the molecule is CCOc1ccc(NC(=Nc2ccc(CC)cc2)n2sc(C)cc2=N)cc1. The maximum absolute atomic E-state index is 8.24. The number of hydrogen-bond donors (Lipinski definition) is 2.